The van der Waals surface area contributed by atoms with Gasteiger partial charge >= 0.3 is 0 Å². The highest BCUT2D eigenvalue weighted by Gasteiger charge is 2.16. The number of aryl methyl sites for hydroxylation is 1. The van der Waals surface area contributed by atoms with Crippen molar-refractivity contribution in [3.8, 4) is 22.6 Å². The Morgan fingerprint density at radius 3 is 2.46 bits per heavy atom. The molecule has 0 saturated carbocycles. The van der Waals surface area contributed by atoms with Gasteiger partial charge in [0.1, 0.15) is 0 Å². The summed E-state index contributed by atoms with van der Waals surface area (Å²) < 4.78 is 0. The van der Waals surface area contributed by atoms with E-state index in [9.17, 15) is 0 Å². The molecule has 0 fully saturated rings. The molecule has 120 valence electrons. The van der Waals surface area contributed by atoms with Crippen molar-refractivity contribution in [2.24, 2.45) is 5.16 Å². The monoisotopic (exact) mass is 357 g/mol. The Bertz CT molecular complexity index is 912. The molecule has 6 heteroatoms. The third kappa shape index (κ3) is 3.25. The van der Waals surface area contributed by atoms with Crippen molar-refractivity contribution in [1.82, 2.24) is 9.97 Å². The maximum atomic E-state index is 8.98. The molecule has 3 aromatic rings. The molecule has 0 unspecified atom stereocenters. The lowest BCUT2D eigenvalue weighted by Crippen LogP contribution is -2.03. The molecule has 0 spiro atoms. The highest BCUT2D eigenvalue weighted by molar-refractivity contribution is 6.36. The number of nitrogens with zero attached hydrogens (tertiary/aromatic N) is 3. The average molecular weight is 358 g/mol. The number of hydrogen-bond donors (Lipinski definition) is 1. The Balaban J connectivity index is 2.27. The quantitative estimate of drug-likeness (QED) is 0.396. The Morgan fingerprint density at radius 2 is 1.79 bits per heavy atom. The summed E-state index contributed by atoms with van der Waals surface area (Å²) in [5, 5.41) is 13.1. The van der Waals surface area contributed by atoms with Crippen LogP contribution in [0.3, 0.4) is 0 Å². The van der Waals surface area contributed by atoms with Gasteiger partial charge in [0.2, 0.25) is 0 Å². The summed E-state index contributed by atoms with van der Waals surface area (Å²) in [5.74, 6) is 0.573. The van der Waals surface area contributed by atoms with Gasteiger partial charge in [-0.15, -0.1) is 0 Å². The van der Waals surface area contributed by atoms with Gasteiger partial charge in [0, 0.05) is 21.7 Å². The standard InChI is InChI=1S/C18H13Cl2N3O/c1-11-15(10-21-24)17(14-8-7-13(19)9-16(14)20)23-18(22-11)12-5-3-2-4-6-12/h2-10,24H,1H3/b21-10+. The highest BCUT2D eigenvalue weighted by Crippen LogP contribution is 2.33. The van der Waals surface area contributed by atoms with Gasteiger partial charge in [0.05, 0.1) is 22.6 Å². The van der Waals surface area contributed by atoms with Gasteiger partial charge in [-0.25, -0.2) is 9.97 Å². The molecular weight excluding hydrogens is 345 g/mol. The Kier molecular flexibility index (Phi) is 4.79. The van der Waals surface area contributed by atoms with Crippen LogP contribution in [0.1, 0.15) is 11.3 Å². The smallest absolute Gasteiger partial charge is 0.160 e. The minimum absolute atomic E-state index is 0.465. The second-order valence-electron chi connectivity index (χ2n) is 5.13. The SMILES string of the molecule is Cc1nc(-c2ccccc2)nc(-c2ccc(Cl)cc2Cl)c1/C=N/O. The van der Waals surface area contributed by atoms with E-state index in [1.54, 1.807) is 18.2 Å². The van der Waals surface area contributed by atoms with Gasteiger partial charge in [-0.1, -0.05) is 58.7 Å². The van der Waals surface area contributed by atoms with Crippen molar-refractivity contribution in [3.05, 3.63) is 69.8 Å². The predicted molar refractivity (Wildman–Crippen MR) is 97.0 cm³/mol. The number of benzene rings is 2. The zero-order valence-electron chi connectivity index (χ0n) is 12.7. The summed E-state index contributed by atoms with van der Waals surface area (Å²) in [6, 6.07) is 14.8. The van der Waals surface area contributed by atoms with Crippen LogP contribution in [0.15, 0.2) is 53.7 Å². The van der Waals surface area contributed by atoms with E-state index >= 15 is 0 Å². The molecule has 0 bridgehead atoms. The highest BCUT2D eigenvalue weighted by atomic mass is 35.5. The minimum Gasteiger partial charge on any atom is -0.411 e. The predicted octanol–water partition coefficient (Wildman–Crippen LogP) is 5.23. The topological polar surface area (TPSA) is 58.4 Å². The number of oxime groups is 1. The van der Waals surface area contributed by atoms with Crippen LogP contribution >= 0.6 is 23.2 Å². The van der Waals surface area contributed by atoms with Crippen molar-refractivity contribution >= 4 is 29.4 Å². The van der Waals surface area contributed by atoms with E-state index in [0.717, 1.165) is 5.56 Å². The number of aromatic nitrogens is 2. The normalized spacial score (nSPS) is 11.1. The van der Waals surface area contributed by atoms with Crippen molar-refractivity contribution in [3.63, 3.8) is 0 Å². The maximum Gasteiger partial charge on any atom is 0.160 e. The van der Waals surface area contributed by atoms with Crippen LogP contribution < -0.4 is 0 Å². The van der Waals surface area contributed by atoms with Gasteiger partial charge in [0.15, 0.2) is 5.82 Å². The maximum absolute atomic E-state index is 8.98. The fourth-order valence-corrected chi connectivity index (χ4v) is 2.90. The molecule has 0 aliphatic carbocycles. The van der Waals surface area contributed by atoms with Crippen LogP contribution in [0.2, 0.25) is 10.0 Å². The number of rotatable bonds is 3. The first-order valence-electron chi connectivity index (χ1n) is 7.17. The first-order chi connectivity index (χ1) is 11.6. The van der Waals surface area contributed by atoms with Gasteiger partial charge in [-0.05, 0) is 25.1 Å². The molecule has 3 rings (SSSR count). The van der Waals surface area contributed by atoms with Crippen LogP contribution in [0.4, 0.5) is 0 Å². The third-order valence-corrected chi connectivity index (χ3v) is 4.09. The fraction of sp³-hybridized carbons (Fsp3) is 0.0556. The van der Waals surface area contributed by atoms with E-state index < -0.39 is 0 Å². The molecule has 24 heavy (non-hydrogen) atoms. The summed E-state index contributed by atoms with van der Waals surface area (Å²) in [7, 11) is 0. The largest absolute Gasteiger partial charge is 0.411 e. The number of hydrogen-bond acceptors (Lipinski definition) is 4. The van der Waals surface area contributed by atoms with Crippen molar-refractivity contribution < 1.29 is 5.21 Å². The molecule has 0 aliphatic heterocycles. The van der Waals surface area contributed by atoms with Crippen LogP contribution in [0.5, 0.6) is 0 Å². The lowest BCUT2D eigenvalue weighted by Gasteiger charge is -2.12. The summed E-state index contributed by atoms with van der Waals surface area (Å²) in [6.45, 7) is 1.83. The van der Waals surface area contributed by atoms with Crippen molar-refractivity contribution in [2.45, 2.75) is 6.92 Å². The van der Waals surface area contributed by atoms with E-state index in [4.69, 9.17) is 28.4 Å². The molecule has 0 amide bonds. The molecule has 0 atom stereocenters. The summed E-state index contributed by atoms with van der Waals surface area (Å²) in [6.07, 6.45) is 1.31. The molecule has 2 aromatic carbocycles. The molecule has 0 saturated heterocycles. The Labute approximate surface area is 149 Å². The fourth-order valence-electron chi connectivity index (χ4n) is 2.40. The molecule has 1 aromatic heterocycles. The van der Waals surface area contributed by atoms with E-state index in [1.807, 2.05) is 37.3 Å². The van der Waals surface area contributed by atoms with E-state index in [-0.39, 0.29) is 0 Å². The summed E-state index contributed by atoms with van der Waals surface area (Å²) in [5.41, 5.74) is 3.45. The third-order valence-electron chi connectivity index (χ3n) is 3.54. The minimum atomic E-state index is 0.465. The van der Waals surface area contributed by atoms with E-state index in [0.29, 0.717) is 38.4 Å². The van der Waals surface area contributed by atoms with Crippen LogP contribution in [0.25, 0.3) is 22.6 Å². The first-order valence-corrected chi connectivity index (χ1v) is 7.92. The van der Waals surface area contributed by atoms with Crippen LogP contribution in [-0.2, 0) is 0 Å². The van der Waals surface area contributed by atoms with Gasteiger partial charge < -0.3 is 5.21 Å². The zero-order chi connectivity index (χ0) is 17.1. The second-order valence-corrected chi connectivity index (χ2v) is 5.97. The van der Waals surface area contributed by atoms with Crippen molar-refractivity contribution in [1.29, 1.82) is 0 Å². The first kappa shape index (κ1) is 16.4. The lowest BCUT2D eigenvalue weighted by molar-refractivity contribution is 0.322. The van der Waals surface area contributed by atoms with Crippen molar-refractivity contribution in [2.75, 3.05) is 0 Å². The summed E-state index contributed by atoms with van der Waals surface area (Å²) in [4.78, 5) is 9.15. The summed E-state index contributed by atoms with van der Waals surface area (Å²) >= 11 is 12.3. The molecule has 0 radical (unpaired) electrons. The Morgan fingerprint density at radius 1 is 1.04 bits per heavy atom. The molecule has 4 nitrogen and oxygen atoms in total. The zero-order valence-corrected chi connectivity index (χ0v) is 14.3. The van der Waals surface area contributed by atoms with E-state index in [2.05, 4.69) is 15.1 Å². The van der Waals surface area contributed by atoms with Crippen LogP contribution in [-0.4, -0.2) is 21.4 Å². The Hall–Kier alpha value is -2.43. The molecule has 1 N–H and O–H groups in total. The van der Waals surface area contributed by atoms with Gasteiger partial charge in [-0.3, -0.25) is 0 Å². The van der Waals surface area contributed by atoms with Gasteiger partial charge in [-0.2, -0.15) is 0 Å². The number of halogens is 2. The second kappa shape index (κ2) is 6.99. The molecular formula is C18H13Cl2N3O. The van der Waals surface area contributed by atoms with E-state index in [1.165, 1.54) is 6.21 Å². The average Bonchev–Trinajstić information content (AvgIpc) is 2.58. The molecule has 0 aliphatic rings. The van der Waals surface area contributed by atoms with Gasteiger partial charge in [0.25, 0.3) is 0 Å². The molecule has 1 heterocycles. The van der Waals surface area contributed by atoms with Crippen LogP contribution in [0, 0.1) is 6.92 Å². The lowest BCUT2D eigenvalue weighted by atomic mass is 10.0.